The van der Waals surface area contributed by atoms with Crippen LogP contribution >= 0.6 is 0 Å². The number of carboxylic acids is 1. The van der Waals surface area contributed by atoms with E-state index in [-0.39, 0.29) is 17.4 Å². The molecule has 0 spiro atoms. The molecule has 0 unspecified atom stereocenters. The molecule has 2 aliphatic rings. The monoisotopic (exact) mass is 254 g/mol. The third-order valence-corrected chi connectivity index (χ3v) is 4.57. The number of hydrogen-bond donors (Lipinski definition) is 1. The zero-order valence-electron chi connectivity index (χ0n) is 11.3. The van der Waals surface area contributed by atoms with E-state index in [1.165, 1.54) is 6.42 Å². The van der Waals surface area contributed by atoms with Gasteiger partial charge in [-0.1, -0.05) is 0 Å². The molecule has 2 atom stereocenters. The molecule has 0 aliphatic heterocycles. The van der Waals surface area contributed by atoms with Gasteiger partial charge in [0, 0.05) is 19.1 Å². The van der Waals surface area contributed by atoms with Crippen molar-refractivity contribution in [1.29, 1.82) is 0 Å². The zero-order chi connectivity index (χ0) is 13.5. The number of likely N-dealkylation sites (N-methyl/N-ethyl adjacent to an activating group) is 2. The van der Waals surface area contributed by atoms with Gasteiger partial charge in [-0.25, -0.2) is 0 Å². The van der Waals surface area contributed by atoms with Crippen molar-refractivity contribution in [3.05, 3.63) is 0 Å². The van der Waals surface area contributed by atoms with Crippen LogP contribution in [0.25, 0.3) is 0 Å². The normalized spacial score (nSPS) is 28.7. The average Bonchev–Trinajstić information content (AvgIpc) is 3.01. The predicted octanol–water partition coefficient (Wildman–Crippen LogP) is 0.650. The molecule has 5 heteroatoms. The van der Waals surface area contributed by atoms with Crippen LogP contribution in [0.5, 0.6) is 0 Å². The molecule has 2 fully saturated rings. The third-order valence-electron chi connectivity index (χ3n) is 4.57. The van der Waals surface area contributed by atoms with E-state index in [0.29, 0.717) is 13.0 Å². The summed E-state index contributed by atoms with van der Waals surface area (Å²) in [5, 5.41) is 8.85. The van der Waals surface area contributed by atoms with Crippen LogP contribution < -0.4 is 0 Å². The van der Waals surface area contributed by atoms with E-state index in [1.807, 2.05) is 0 Å². The molecular formula is C13H22N2O3. The number of carbonyl (C=O) groups excluding carboxylic acids is 1. The number of carboxylic acid groups (broad SMARTS) is 1. The van der Waals surface area contributed by atoms with Gasteiger partial charge in [-0.3, -0.25) is 9.59 Å². The van der Waals surface area contributed by atoms with Crippen LogP contribution in [0.3, 0.4) is 0 Å². The lowest BCUT2D eigenvalue weighted by molar-refractivity contribution is -0.142. The molecule has 102 valence electrons. The van der Waals surface area contributed by atoms with Crippen LogP contribution in [0.15, 0.2) is 0 Å². The van der Waals surface area contributed by atoms with E-state index < -0.39 is 11.9 Å². The number of hydrogen-bond acceptors (Lipinski definition) is 3. The van der Waals surface area contributed by atoms with Crippen LogP contribution in [0, 0.1) is 11.8 Å². The smallest absolute Gasteiger partial charge is 0.307 e. The Morgan fingerprint density at radius 3 is 2.17 bits per heavy atom. The number of aliphatic carboxylic acids is 1. The lowest BCUT2D eigenvalue weighted by atomic mass is 9.75. The summed E-state index contributed by atoms with van der Waals surface area (Å²) >= 11 is 0. The molecule has 2 rings (SSSR count). The Hall–Kier alpha value is -1.10. The number of rotatable bonds is 5. The fourth-order valence-electron chi connectivity index (χ4n) is 2.87. The van der Waals surface area contributed by atoms with E-state index in [4.69, 9.17) is 5.11 Å². The molecule has 0 aromatic rings. The van der Waals surface area contributed by atoms with Crippen molar-refractivity contribution >= 4 is 11.9 Å². The van der Waals surface area contributed by atoms with Crippen molar-refractivity contribution in [2.75, 3.05) is 27.7 Å². The Labute approximate surface area is 108 Å². The topological polar surface area (TPSA) is 60.9 Å². The van der Waals surface area contributed by atoms with Gasteiger partial charge in [0.05, 0.1) is 11.8 Å². The summed E-state index contributed by atoms with van der Waals surface area (Å²) in [6.07, 6.45) is 3.95. The van der Waals surface area contributed by atoms with Gasteiger partial charge in [-0.15, -0.1) is 0 Å². The minimum Gasteiger partial charge on any atom is -0.481 e. The Bertz CT molecular complexity index is 363. The molecule has 0 radical (unpaired) electrons. The predicted molar refractivity (Wildman–Crippen MR) is 67.1 cm³/mol. The van der Waals surface area contributed by atoms with Gasteiger partial charge in [0.1, 0.15) is 0 Å². The van der Waals surface area contributed by atoms with Gasteiger partial charge >= 0.3 is 5.97 Å². The maximum absolute atomic E-state index is 12.1. The molecule has 0 aromatic carbocycles. The quantitative estimate of drug-likeness (QED) is 0.782. The van der Waals surface area contributed by atoms with Crippen LogP contribution in [0.4, 0.5) is 0 Å². The molecule has 1 N–H and O–H groups in total. The maximum atomic E-state index is 12.1. The molecule has 5 nitrogen and oxygen atoms in total. The van der Waals surface area contributed by atoms with Crippen molar-refractivity contribution in [1.82, 2.24) is 9.80 Å². The first kappa shape index (κ1) is 13.3. The molecule has 0 heterocycles. The van der Waals surface area contributed by atoms with E-state index in [1.54, 1.807) is 11.9 Å². The van der Waals surface area contributed by atoms with Crippen molar-refractivity contribution in [2.24, 2.45) is 11.8 Å². The summed E-state index contributed by atoms with van der Waals surface area (Å²) in [6, 6.07) is 0. The Morgan fingerprint density at radius 1 is 1.22 bits per heavy atom. The molecule has 0 bridgehead atoms. The first-order valence-corrected chi connectivity index (χ1v) is 6.52. The highest BCUT2D eigenvalue weighted by molar-refractivity contribution is 5.89. The van der Waals surface area contributed by atoms with Crippen LogP contribution in [-0.2, 0) is 9.59 Å². The van der Waals surface area contributed by atoms with Gasteiger partial charge in [0.15, 0.2) is 0 Å². The molecule has 18 heavy (non-hydrogen) atoms. The SMILES string of the molecule is CN(CC1(N(C)C)CCC1)C(=O)[C@@H]1C[C@@H]1C(=O)O. The highest BCUT2D eigenvalue weighted by atomic mass is 16.4. The van der Waals surface area contributed by atoms with Crippen LogP contribution in [0.2, 0.25) is 0 Å². The molecule has 0 aromatic heterocycles. The standard InChI is InChI=1S/C13H22N2O3/c1-14(2)13(5-4-6-13)8-15(3)11(16)9-7-10(9)12(17)18/h9-10H,4-8H2,1-3H3,(H,17,18)/t9-,10+/m1/s1. The number of carbonyl (C=O) groups is 2. The average molecular weight is 254 g/mol. The molecule has 1 amide bonds. The molecule has 0 saturated heterocycles. The minimum absolute atomic E-state index is 0.00414. The second kappa shape index (κ2) is 4.53. The van der Waals surface area contributed by atoms with E-state index in [0.717, 1.165) is 12.8 Å². The molecule has 2 saturated carbocycles. The zero-order valence-corrected chi connectivity index (χ0v) is 11.3. The molecule has 2 aliphatic carbocycles. The summed E-state index contributed by atoms with van der Waals surface area (Å²) in [4.78, 5) is 26.8. The highest BCUT2D eigenvalue weighted by Crippen LogP contribution is 2.41. The van der Waals surface area contributed by atoms with Crippen molar-refractivity contribution in [3.63, 3.8) is 0 Å². The van der Waals surface area contributed by atoms with E-state index >= 15 is 0 Å². The van der Waals surface area contributed by atoms with Crippen LogP contribution in [0.1, 0.15) is 25.7 Å². The van der Waals surface area contributed by atoms with Crippen LogP contribution in [-0.4, -0.2) is 60.0 Å². The minimum atomic E-state index is -0.840. The van der Waals surface area contributed by atoms with E-state index in [9.17, 15) is 9.59 Å². The van der Waals surface area contributed by atoms with E-state index in [2.05, 4.69) is 19.0 Å². The number of amides is 1. The Kier molecular flexibility index (Phi) is 3.36. The molecular weight excluding hydrogens is 232 g/mol. The largest absolute Gasteiger partial charge is 0.481 e. The Morgan fingerprint density at radius 2 is 1.83 bits per heavy atom. The van der Waals surface area contributed by atoms with Gasteiger partial charge in [0.25, 0.3) is 0 Å². The summed E-state index contributed by atoms with van der Waals surface area (Å²) in [5.74, 6) is -1.58. The summed E-state index contributed by atoms with van der Waals surface area (Å²) < 4.78 is 0. The first-order valence-electron chi connectivity index (χ1n) is 6.52. The maximum Gasteiger partial charge on any atom is 0.307 e. The van der Waals surface area contributed by atoms with Gasteiger partial charge in [-0.2, -0.15) is 0 Å². The van der Waals surface area contributed by atoms with Crippen molar-refractivity contribution in [3.8, 4) is 0 Å². The Balaban J connectivity index is 1.90. The second-order valence-electron chi connectivity index (χ2n) is 5.95. The number of nitrogens with zero attached hydrogens (tertiary/aromatic N) is 2. The van der Waals surface area contributed by atoms with Crippen molar-refractivity contribution in [2.45, 2.75) is 31.2 Å². The summed E-state index contributed by atoms with van der Waals surface area (Å²) in [5.41, 5.74) is 0.109. The second-order valence-corrected chi connectivity index (χ2v) is 5.95. The lowest BCUT2D eigenvalue weighted by Gasteiger charge is -2.49. The summed E-state index contributed by atoms with van der Waals surface area (Å²) in [6.45, 7) is 0.710. The van der Waals surface area contributed by atoms with Gasteiger partial charge in [0.2, 0.25) is 5.91 Å². The summed E-state index contributed by atoms with van der Waals surface area (Å²) in [7, 11) is 5.90. The fraction of sp³-hybridized carbons (Fsp3) is 0.846. The van der Waals surface area contributed by atoms with Gasteiger partial charge < -0.3 is 14.9 Å². The third kappa shape index (κ3) is 2.23. The lowest BCUT2D eigenvalue weighted by Crippen LogP contribution is -2.57. The highest BCUT2D eigenvalue weighted by Gasteiger charge is 2.50. The fourth-order valence-corrected chi connectivity index (χ4v) is 2.87. The first-order chi connectivity index (χ1) is 8.37. The van der Waals surface area contributed by atoms with Crippen molar-refractivity contribution < 1.29 is 14.7 Å². The van der Waals surface area contributed by atoms with Gasteiger partial charge in [-0.05, 0) is 39.8 Å².